The van der Waals surface area contributed by atoms with E-state index in [1.807, 2.05) is 137 Å². The summed E-state index contributed by atoms with van der Waals surface area (Å²) >= 11 is 12.2. The Morgan fingerprint density at radius 1 is 0.270 bits per heavy atom. The van der Waals surface area contributed by atoms with E-state index in [1.165, 1.54) is 79.6 Å². The fraction of sp³-hybridized carbons (Fsp3) is 0.333. The SMILES string of the molecule is CCc1c(S(=O)(=O)c2ccc(C(C)(C)C)cc2)nnn1-c1cc(C)ccc1OC.CCc1c(S(=O)(=O)c2ccc(C(C)(C)C)cc2)nnn1-c1cc(Cl)ccc1OC.CCc1c(S(=O)(=O)c2ccc(C(C)(C)C)cc2)nnn1-c1cc(OC)ccc1OC.COc1ccc(C)cc1-n1nnc(S(=O)(=O)c2ccc(C(C)(C)C)cc2)c1C(C)=O.COc1ccc(Cl)cc1-n1nnc(S(=O)(=O)c2ccc(C(C)(C)C)cc2)c1C(C)=O. The second-order valence-electron chi connectivity index (χ2n) is 39.7. The maximum absolute atomic E-state index is 13.3. The molecule has 784 valence electrons. The van der Waals surface area contributed by atoms with Gasteiger partial charge in [-0.05, 0) is 233 Å². The van der Waals surface area contributed by atoms with E-state index < -0.39 is 65.8 Å². The predicted molar refractivity (Wildman–Crippen MR) is 567 cm³/mol. The van der Waals surface area contributed by atoms with E-state index >= 15 is 0 Å². The van der Waals surface area contributed by atoms with E-state index in [4.69, 9.17) is 51.6 Å². The van der Waals surface area contributed by atoms with Gasteiger partial charge in [0, 0.05) is 30.0 Å². The molecule has 0 amide bonds. The summed E-state index contributed by atoms with van der Waals surface area (Å²) in [6.07, 6.45) is 1.29. The number of carbonyl (C=O) groups excluding carboxylic acids is 2. The fourth-order valence-electron chi connectivity index (χ4n) is 15.6. The van der Waals surface area contributed by atoms with E-state index in [2.05, 4.69) is 114 Å². The molecule has 0 fully saturated rings. The van der Waals surface area contributed by atoms with Crippen molar-refractivity contribution in [2.75, 3.05) is 42.7 Å². The second kappa shape index (κ2) is 45.6. The van der Waals surface area contributed by atoms with Gasteiger partial charge < -0.3 is 28.4 Å². The monoisotopic (exact) mass is 2150 g/mol. The number of ether oxygens (including phenoxy) is 6. The maximum Gasteiger partial charge on any atom is 0.228 e. The molecule has 148 heavy (non-hydrogen) atoms. The summed E-state index contributed by atoms with van der Waals surface area (Å²) < 4.78 is 172. The second-order valence-corrected chi connectivity index (χ2v) is 49.8. The van der Waals surface area contributed by atoms with Crippen molar-refractivity contribution in [3.63, 3.8) is 0 Å². The number of Topliss-reactive ketones (excluding diaryl/α,β-unsaturated/α-hetero) is 2. The number of carbonyl (C=O) groups is 2. The summed E-state index contributed by atoms with van der Waals surface area (Å²) in [7, 11) is -10.4. The van der Waals surface area contributed by atoms with Crippen molar-refractivity contribution in [1.82, 2.24) is 75.0 Å². The number of methoxy groups -OCH3 is 6. The van der Waals surface area contributed by atoms with Gasteiger partial charge in [-0.1, -0.05) is 247 Å². The highest BCUT2D eigenvalue weighted by Crippen LogP contribution is 2.40. The molecular formula is C108H125Cl2N15O18S5. The molecule has 0 saturated carbocycles. The molecule has 0 spiro atoms. The lowest BCUT2D eigenvalue weighted by atomic mass is 9.87. The topological polar surface area (TPSA) is 414 Å². The van der Waals surface area contributed by atoms with E-state index in [1.54, 1.807) is 147 Å². The highest BCUT2D eigenvalue weighted by Gasteiger charge is 2.38. The number of rotatable bonds is 26. The molecule has 0 bridgehead atoms. The summed E-state index contributed by atoms with van der Waals surface area (Å²) in [5, 5.41) is 40.1. The van der Waals surface area contributed by atoms with Crippen LogP contribution in [0.5, 0.6) is 34.5 Å². The van der Waals surface area contributed by atoms with Crippen molar-refractivity contribution in [2.24, 2.45) is 0 Å². The molecule has 15 rings (SSSR count). The number of nitrogens with zero attached hydrogens (tertiary/aromatic N) is 15. The van der Waals surface area contributed by atoms with Gasteiger partial charge in [0.2, 0.25) is 74.3 Å². The molecule has 0 radical (unpaired) electrons. The minimum Gasteiger partial charge on any atom is -0.497 e. The van der Waals surface area contributed by atoms with Crippen LogP contribution in [0.1, 0.15) is 215 Å². The zero-order valence-electron chi connectivity index (χ0n) is 88.2. The van der Waals surface area contributed by atoms with Gasteiger partial charge >= 0.3 is 0 Å². The van der Waals surface area contributed by atoms with Crippen LogP contribution in [0.2, 0.25) is 10.0 Å². The first-order valence-electron chi connectivity index (χ1n) is 47.0. The van der Waals surface area contributed by atoms with Crippen molar-refractivity contribution in [3.05, 3.63) is 290 Å². The lowest BCUT2D eigenvalue weighted by molar-refractivity contribution is 0.0994. The normalized spacial score (nSPS) is 12.1. The van der Waals surface area contributed by atoms with Crippen LogP contribution in [0.4, 0.5) is 0 Å². The quantitative estimate of drug-likeness (QED) is 0.0454. The van der Waals surface area contributed by atoms with Gasteiger partial charge in [-0.25, -0.2) is 65.5 Å². The third-order valence-corrected chi connectivity index (χ3v) is 33.0. The van der Waals surface area contributed by atoms with Crippen LogP contribution in [0.15, 0.2) is 262 Å². The highest BCUT2D eigenvalue weighted by molar-refractivity contribution is 7.92. The summed E-state index contributed by atoms with van der Waals surface area (Å²) in [6, 6.07) is 60.0. The molecule has 0 N–H and O–H groups in total. The number of hydrogen-bond donors (Lipinski definition) is 0. The Morgan fingerprint density at radius 3 is 0.703 bits per heavy atom. The molecule has 15 aromatic rings. The van der Waals surface area contributed by atoms with Crippen molar-refractivity contribution in [2.45, 2.75) is 248 Å². The van der Waals surface area contributed by atoms with E-state index in [0.29, 0.717) is 109 Å². The Labute approximate surface area is 876 Å². The Morgan fingerprint density at radius 2 is 0.473 bits per heavy atom. The van der Waals surface area contributed by atoms with Crippen molar-refractivity contribution in [1.29, 1.82) is 0 Å². The van der Waals surface area contributed by atoms with Gasteiger partial charge in [0.05, 0.1) is 84.2 Å². The van der Waals surface area contributed by atoms with Crippen LogP contribution in [0.25, 0.3) is 28.4 Å². The summed E-state index contributed by atoms with van der Waals surface area (Å²) in [5.41, 5.74) is 10.4. The lowest BCUT2D eigenvalue weighted by Crippen LogP contribution is -2.14. The number of ketones is 2. The predicted octanol–water partition coefficient (Wildman–Crippen LogP) is 21.1. The average molecular weight is 2150 g/mol. The van der Waals surface area contributed by atoms with Crippen molar-refractivity contribution >= 4 is 84.0 Å². The molecule has 0 atom stereocenters. The third kappa shape index (κ3) is 25.0. The van der Waals surface area contributed by atoms with Gasteiger partial charge in [-0.3, -0.25) is 9.59 Å². The van der Waals surface area contributed by atoms with Crippen LogP contribution in [0, 0.1) is 13.8 Å². The van der Waals surface area contributed by atoms with Gasteiger partial charge in [0.1, 0.15) is 74.3 Å². The minimum absolute atomic E-state index is 0.0212. The Balaban J connectivity index is 0.000000176. The zero-order chi connectivity index (χ0) is 109. The molecule has 0 aliphatic rings. The van der Waals surface area contributed by atoms with Gasteiger partial charge in [0.25, 0.3) is 0 Å². The minimum atomic E-state index is -4.08. The average Bonchev–Trinajstić information content (AvgIpc) is 1.61. The molecule has 5 aromatic heterocycles. The number of aryl methyl sites for hydroxylation is 2. The van der Waals surface area contributed by atoms with Crippen LogP contribution < -0.4 is 28.4 Å². The van der Waals surface area contributed by atoms with Crippen LogP contribution in [-0.4, -0.2) is 171 Å². The number of aromatic nitrogens is 15. The number of benzene rings is 10. The molecule has 33 nitrogen and oxygen atoms in total. The maximum atomic E-state index is 13.3. The molecule has 10 aromatic carbocycles. The van der Waals surface area contributed by atoms with E-state index in [-0.39, 0.29) is 83.0 Å². The Kier molecular flexibility index (Phi) is 35.3. The third-order valence-electron chi connectivity index (χ3n) is 24.0. The molecule has 5 heterocycles. The fourth-order valence-corrected chi connectivity index (χ4v) is 22.8. The largest absolute Gasteiger partial charge is 0.497 e. The number of hydrogen-bond acceptors (Lipinski definition) is 28. The smallest absolute Gasteiger partial charge is 0.228 e. The molecule has 0 saturated heterocycles. The number of sulfone groups is 5. The first-order valence-corrected chi connectivity index (χ1v) is 55.2. The van der Waals surface area contributed by atoms with Gasteiger partial charge in [0.15, 0.2) is 11.6 Å². The lowest BCUT2D eigenvalue weighted by Gasteiger charge is -2.19. The Hall–Kier alpha value is -13.6. The number of halogens is 2. The first-order chi connectivity index (χ1) is 69.2. The zero-order valence-corrected chi connectivity index (χ0v) is 93.8. The molecule has 40 heteroatoms. The summed E-state index contributed by atoms with van der Waals surface area (Å²) in [4.78, 5) is 25.6. The van der Waals surface area contributed by atoms with Gasteiger partial charge in [-0.2, -0.15) is 0 Å². The van der Waals surface area contributed by atoms with E-state index in [0.717, 1.165) is 43.6 Å². The van der Waals surface area contributed by atoms with Crippen LogP contribution in [-0.2, 0) is 95.5 Å². The van der Waals surface area contributed by atoms with Crippen molar-refractivity contribution in [3.8, 4) is 62.9 Å². The van der Waals surface area contributed by atoms with Crippen LogP contribution >= 0.6 is 23.2 Å². The van der Waals surface area contributed by atoms with Crippen molar-refractivity contribution < 1.29 is 80.1 Å². The first kappa shape index (κ1) is 115. The molecular weight excluding hydrogens is 2030 g/mol. The van der Waals surface area contributed by atoms with Crippen LogP contribution in [0.3, 0.4) is 0 Å². The van der Waals surface area contributed by atoms with E-state index in [9.17, 15) is 51.7 Å². The summed E-state index contributed by atoms with van der Waals surface area (Å²) in [6.45, 7) is 43.0. The van der Waals surface area contributed by atoms with Gasteiger partial charge in [-0.15, -0.1) is 25.5 Å². The molecule has 0 aliphatic carbocycles. The Bertz CT molecular complexity index is 7620. The summed E-state index contributed by atoms with van der Waals surface area (Å²) in [5.74, 6) is 2.11. The molecule has 0 aliphatic heterocycles. The highest BCUT2D eigenvalue weighted by atomic mass is 35.5. The molecule has 0 unspecified atom stereocenters. The standard InChI is InChI=1S/C22H25N3O4S.C22H27N3O4S.C22H27N3O3S.C21H22ClN3O4S.C21H24ClN3O3S/c1-14-7-12-19(29-6)18(13-14)25-20(15(2)26)21(23-24-25)30(27,28)17-10-8-16(9-11-17)22(3,4)5;1-7-18-21(30(26,27)17-11-8-15(9-12-17)22(2,3)4)23-24-25(18)19-14-16(28-5)10-13-20(19)29-6;1-7-18-21(23-24-25(18)19-14-15(2)8-13-20(19)28-6)29(26,27)17-11-9-16(10-12-17)22(3,4)5;1-13(26)19-20(23-24-25(19)17-12-15(22)8-11-18(17)29-5)30(27,28)16-9-6-14(7-10-16)21(2,3)4;1-6-17-20(23-24-25(17)18-13-15(22)9-12-19(18)28-5)29(26,27)16-10-7-14(8-11-16)21(2,3)4/h7-13H,1-6H3;8-14H,7H2,1-6H3;8-14H,7H2,1-6H3;6-12H,1-5H3;7-13H,6H2,1-5H3.